The summed E-state index contributed by atoms with van der Waals surface area (Å²) in [5.74, 6) is -0.339. The number of aryl methyl sites for hydroxylation is 1. The standard InChI is InChI=1S/C13H18O4/c1-9-7-10(13(15)16)8-12(17-2)11(9)5-3-4-6-14/h7-8,14H,3-6H2,1-2H3,(H,15,16). The molecule has 1 rings (SSSR count). The number of carbonyl (C=O) groups is 1. The Hall–Kier alpha value is -1.55. The molecule has 0 aromatic heterocycles. The summed E-state index contributed by atoms with van der Waals surface area (Å²) in [6.45, 7) is 2.05. The zero-order chi connectivity index (χ0) is 12.8. The first-order chi connectivity index (χ1) is 8.10. The quantitative estimate of drug-likeness (QED) is 0.744. The summed E-state index contributed by atoms with van der Waals surface area (Å²) in [7, 11) is 1.54. The van der Waals surface area contributed by atoms with Crippen molar-refractivity contribution in [1.29, 1.82) is 0 Å². The van der Waals surface area contributed by atoms with Gasteiger partial charge in [-0.05, 0) is 49.4 Å². The summed E-state index contributed by atoms with van der Waals surface area (Å²) in [5.41, 5.74) is 2.18. The van der Waals surface area contributed by atoms with Crippen LogP contribution in [0.2, 0.25) is 0 Å². The minimum Gasteiger partial charge on any atom is -0.496 e. The van der Waals surface area contributed by atoms with Gasteiger partial charge in [-0.3, -0.25) is 0 Å². The van der Waals surface area contributed by atoms with Gasteiger partial charge in [0.15, 0.2) is 0 Å². The van der Waals surface area contributed by atoms with E-state index in [9.17, 15) is 4.79 Å². The van der Waals surface area contributed by atoms with Crippen LogP contribution in [0.1, 0.15) is 34.3 Å². The van der Waals surface area contributed by atoms with E-state index in [1.165, 1.54) is 7.11 Å². The highest BCUT2D eigenvalue weighted by atomic mass is 16.5. The summed E-state index contributed by atoms with van der Waals surface area (Å²) < 4.78 is 5.22. The van der Waals surface area contributed by atoms with Crippen molar-refractivity contribution in [1.82, 2.24) is 0 Å². The van der Waals surface area contributed by atoms with E-state index in [1.807, 2.05) is 6.92 Å². The molecule has 0 radical (unpaired) electrons. The Morgan fingerprint density at radius 3 is 2.59 bits per heavy atom. The number of aromatic carboxylic acids is 1. The van der Waals surface area contributed by atoms with Gasteiger partial charge in [0.25, 0.3) is 0 Å². The molecule has 17 heavy (non-hydrogen) atoms. The third-order valence-corrected chi connectivity index (χ3v) is 2.73. The molecule has 2 N–H and O–H groups in total. The van der Waals surface area contributed by atoms with Crippen LogP contribution in [0.15, 0.2) is 12.1 Å². The predicted octanol–water partition coefficient (Wildman–Crippen LogP) is 2.02. The fourth-order valence-corrected chi connectivity index (χ4v) is 1.82. The number of hydrogen-bond acceptors (Lipinski definition) is 3. The van der Waals surface area contributed by atoms with Gasteiger partial charge < -0.3 is 14.9 Å². The van der Waals surface area contributed by atoms with Gasteiger partial charge in [-0.2, -0.15) is 0 Å². The molecule has 0 saturated carbocycles. The Bertz CT molecular complexity index is 399. The number of methoxy groups -OCH3 is 1. The molecule has 0 saturated heterocycles. The lowest BCUT2D eigenvalue weighted by molar-refractivity contribution is 0.0696. The smallest absolute Gasteiger partial charge is 0.335 e. The average Bonchev–Trinajstić information content (AvgIpc) is 2.30. The molecule has 4 nitrogen and oxygen atoms in total. The molecular formula is C13H18O4. The van der Waals surface area contributed by atoms with E-state index < -0.39 is 5.97 Å². The molecule has 1 aromatic carbocycles. The van der Waals surface area contributed by atoms with Crippen LogP contribution in [0, 0.1) is 6.92 Å². The number of benzene rings is 1. The number of aliphatic hydroxyl groups is 1. The third-order valence-electron chi connectivity index (χ3n) is 2.73. The van der Waals surface area contributed by atoms with Gasteiger partial charge in [-0.15, -0.1) is 0 Å². The van der Waals surface area contributed by atoms with E-state index in [2.05, 4.69) is 0 Å². The monoisotopic (exact) mass is 238 g/mol. The van der Waals surface area contributed by atoms with Gasteiger partial charge >= 0.3 is 5.97 Å². The van der Waals surface area contributed by atoms with E-state index in [1.54, 1.807) is 12.1 Å². The molecule has 94 valence electrons. The first kappa shape index (κ1) is 13.5. The normalized spacial score (nSPS) is 10.3. The highest BCUT2D eigenvalue weighted by Crippen LogP contribution is 2.26. The highest BCUT2D eigenvalue weighted by molar-refractivity contribution is 5.88. The zero-order valence-corrected chi connectivity index (χ0v) is 10.2. The highest BCUT2D eigenvalue weighted by Gasteiger charge is 2.12. The van der Waals surface area contributed by atoms with E-state index in [4.69, 9.17) is 14.9 Å². The van der Waals surface area contributed by atoms with Crippen LogP contribution in [0.5, 0.6) is 5.75 Å². The molecule has 0 aliphatic rings. The average molecular weight is 238 g/mol. The van der Waals surface area contributed by atoms with Crippen LogP contribution >= 0.6 is 0 Å². The zero-order valence-electron chi connectivity index (χ0n) is 10.2. The number of carboxylic acids is 1. The van der Waals surface area contributed by atoms with Crippen LogP contribution in [0.4, 0.5) is 0 Å². The van der Waals surface area contributed by atoms with Crippen molar-refractivity contribution >= 4 is 5.97 Å². The van der Waals surface area contributed by atoms with E-state index >= 15 is 0 Å². The second-order valence-electron chi connectivity index (χ2n) is 3.96. The molecule has 0 aliphatic carbocycles. The predicted molar refractivity (Wildman–Crippen MR) is 64.7 cm³/mol. The van der Waals surface area contributed by atoms with E-state index in [0.717, 1.165) is 30.4 Å². The lowest BCUT2D eigenvalue weighted by Gasteiger charge is -2.12. The van der Waals surface area contributed by atoms with Gasteiger partial charge in [0.05, 0.1) is 12.7 Å². The third kappa shape index (κ3) is 3.46. The minimum atomic E-state index is -0.951. The second-order valence-corrected chi connectivity index (χ2v) is 3.96. The molecule has 4 heteroatoms. The number of hydrogen-bond donors (Lipinski definition) is 2. The maximum absolute atomic E-state index is 10.9. The van der Waals surface area contributed by atoms with Gasteiger partial charge in [0.2, 0.25) is 0 Å². The van der Waals surface area contributed by atoms with E-state index in [0.29, 0.717) is 5.75 Å². The molecule has 0 fully saturated rings. The van der Waals surface area contributed by atoms with Crippen molar-refractivity contribution < 1.29 is 19.7 Å². The first-order valence-corrected chi connectivity index (χ1v) is 5.61. The maximum Gasteiger partial charge on any atom is 0.335 e. The van der Waals surface area contributed by atoms with Crippen LogP contribution in [-0.4, -0.2) is 29.9 Å². The Kier molecular flexibility index (Phi) is 4.97. The summed E-state index contributed by atoms with van der Waals surface area (Å²) in [6.07, 6.45) is 2.39. The fourth-order valence-electron chi connectivity index (χ4n) is 1.82. The molecule has 0 aliphatic heterocycles. The Balaban J connectivity index is 2.99. The number of ether oxygens (including phenoxy) is 1. The molecule has 0 heterocycles. The van der Waals surface area contributed by atoms with Gasteiger partial charge in [-0.1, -0.05) is 0 Å². The number of unbranched alkanes of at least 4 members (excludes halogenated alkanes) is 1. The molecule has 0 bridgehead atoms. The number of aliphatic hydroxyl groups excluding tert-OH is 1. The molecule has 0 spiro atoms. The molecular weight excluding hydrogens is 220 g/mol. The lowest BCUT2D eigenvalue weighted by Crippen LogP contribution is -2.02. The van der Waals surface area contributed by atoms with Gasteiger partial charge in [0.1, 0.15) is 5.75 Å². The molecule has 0 amide bonds. The fraction of sp³-hybridized carbons (Fsp3) is 0.462. The molecule has 0 atom stereocenters. The summed E-state index contributed by atoms with van der Waals surface area (Å²) in [4.78, 5) is 10.9. The summed E-state index contributed by atoms with van der Waals surface area (Å²) in [5, 5.41) is 17.7. The van der Waals surface area contributed by atoms with Crippen LogP contribution in [0.25, 0.3) is 0 Å². The topological polar surface area (TPSA) is 66.8 Å². The molecule has 0 unspecified atom stereocenters. The maximum atomic E-state index is 10.9. The SMILES string of the molecule is COc1cc(C(=O)O)cc(C)c1CCCCO. The van der Waals surface area contributed by atoms with Crippen molar-refractivity contribution in [3.8, 4) is 5.75 Å². The van der Waals surface area contributed by atoms with Crippen LogP contribution in [-0.2, 0) is 6.42 Å². The van der Waals surface area contributed by atoms with Crippen LogP contribution in [0.3, 0.4) is 0 Å². The van der Waals surface area contributed by atoms with Crippen molar-refractivity contribution in [2.45, 2.75) is 26.2 Å². The second kappa shape index (κ2) is 6.25. The Morgan fingerprint density at radius 1 is 1.35 bits per heavy atom. The van der Waals surface area contributed by atoms with Crippen molar-refractivity contribution in [3.05, 3.63) is 28.8 Å². The Morgan fingerprint density at radius 2 is 2.06 bits per heavy atom. The van der Waals surface area contributed by atoms with Gasteiger partial charge in [-0.25, -0.2) is 4.79 Å². The largest absolute Gasteiger partial charge is 0.496 e. The number of carboxylic acid groups (broad SMARTS) is 1. The Labute approximate surface area is 101 Å². The van der Waals surface area contributed by atoms with Crippen molar-refractivity contribution in [2.75, 3.05) is 13.7 Å². The van der Waals surface area contributed by atoms with Crippen molar-refractivity contribution in [3.63, 3.8) is 0 Å². The van der Waals surface area contributed by atoms with Crippen molar-refractivity contribution in [2.24, 2.45) is 0 Å². The van der Waals surface area contributed by atoms with Crippen LogP contribution < -0.4 is 4.74 Å². The first-order valence-electron chi connectivity index (χ1n) is 5.61. The minimum absolute atomic E-state index is 0.175. The summed E-state index contributed by atoms with van der Waals surface area (Å²) >= 11 is 0. The lowest BCUT2D eigenvalue weighted by atomic mass is 9.99. The summed E-state index contributed by atoms with van der Waals surface area (Å²) in [6, 6.07) is 3.20. The van der Waals surface area contributed by atoms with Gasteiger partial charge in [0, 0.05) is 6.61 Å². The number of rotatable bonds is 6. The van der Waals surface area contributed by atoms with E-state index in [-0.39, 0.29) is 12.2 Å². The molecule has 1 aromatic rings.